The Morgan fingerprint density at radius 3 is 2.00 bits per heavy atom. The van der Waals surface area contributed by atoms with Gasteiger partial charge in [0.15, 0.2) is 0 Å². The van der Waals surface area contributed by atoms with Crippen molar-refractivity contribution in [3.63, 3.8) is 0 Å². The van der Waals surface area contributed by atoms with E-state index in [1.807, 2.05) is 20.8 Å². The molecule has 0 aromatic heterocycles. The SMILES string of the molecule is CC(C)(C)C(CCCC(F)(F)F)NN. The zero-order chi connectivity index (χ0) is 11.4. The Morgan fingerprint density at radius 2 is 1.71 bits per heavy atom. The van der Waals surface area contributed by atoms with E-state index in [9.17, 15) is 13.2 Å². The van der Waals surface area contributed by atoms with Crippen molar-refractivity contribution in [2.75, 3.05) is 0 Å². The second-order valence-electron chi connectivity index (χ2n) is 4.59. The topological polar surface area (TPSA) is 38.0 Å². The Hall–Kier alpha value is -0.290. The largest absolute Gasteiger partial charge is 0.389 e. The van der Waals surface area contributed by atoms with Crippen molar-refractivity contribution in [3.05, 3.63) is 0 Å². The number of alkyl halides is 3. The summed E-state index contributed by atoms with van der Waals surface area (Å²) < 4.78 is 35.6. The van der Waals surface area contributed by atoms with Crippen molar-refractivity contribution >= 4 is 0 Å². The molecule has 0 amide bonds. The molecule has 0 radical (unpaired) electrons. The average Bonchev–Trinajstić information content (AvgIpc) is 1.93. The molecule has 0 saturated heterocycles. The molecule has 0 fully saturated rings. The van der Waals surface area contributed by atoms with E-state index in [1.54, 1.807) is 0 Å². The second-order valence-corrected chi connectivity index (χ2v) is 4.59. The maximum atomic E-state index is 11.9. The molecule has 0 bridgehead atoms. The fourth-order valence-electron chi connectivity index (χ4n) is 1.27. The third kappa shape index (κ3) is 6.21. The highest BCUT2D eigenvalue weighted by Crippen LogP contribution is 2.27. The van der Waals surface area contributed by atoms with Gasteiger partial charge in [0.05, 0.1) is 0 Å². The van der Waals surface area contributed by atoms with Crippen LogP contribution in [0.25, 0.3) is 0 Å². The molecule has 1 atom stereocenters. The summed E-state index contributed by atoms with van der Waals surface area (Å²) in [6, 6.07) is -0.0788. The number of rotatable bonds is 4. The molecule has 0 spiro atoms. The van der Waals surface area contributed by atoms with Crippen LogP contribution >= 0.6 is 0 Å². The Morgan fingerprint density at radius 1 is 1.21 bits per heavy atom. The van der Waals surface area contributed by atoms with Crippen molar-refractivity contribution < 1.29 is 13.2 Å². The lowest BCUT2D eigenvalue weighted by Gasteiger charge is -2.30. The highest BCUT2D eigenvalue weighted by molar-refractivity contribution is 4.78. The molecular weight excluding hydrogens is 193 g/mol. The standard InChI is InChI=1S/C9H19F3N2/c1-8(2,3)7(14-13)5-4-6-9(10,11)12/h7,14H,4-6,13H2,1-3H3. The van der Waals surface area contributed by atoms with Gasteiger partial charge >= 0.3 is 6.18 Å². The van der Waals surface area contributed by atoms with Crippen LogP contribution < -0.4 is 11.3 Å². The summed E-state index contributed by atoms with van der Waals surface area (Å²) in [5, 5.41) is 0. The van der Waals surface area contributed by atoms with E-state index in [-0.39, 0.29) is 17.9 Å². The molecule has 0 aliphatic heterocycles. The van der Waals surface area contributed by atoms with Gasteiger partial charge in [0.25, 0.3) is 0 Å². The molecule has 0 aliphatic carbocycles. The maximum absolute atomic E-state index is 11.9. The predicted molar refractivity (Wildman–Crippen MR) is 50.5 cm³/mol. The molecule has 5 heteroatoms. The minimum atomic E-state index is -4.06. The molecule has 1 unspecified atom stereocenters. The minimum Gasteiger partial charge on any atom is -0.271 e. The average molecular weight is 212 g/mol. The van der Waals surface area contributed by atoms with Crippen LogP contribution in [0.15, 0.2) is 0 Å². The number of nitrogens with one attached hydrogen (secondary N) is 1. The van der Waals surface area contributed by atoms with Crippen LogP contribution in [0.1, 0.15) is 40.0 Å². The highest BCUT2D eigenvalue weighted by atomic mass is 19.4. The Labute approximate surface area is 83.0 Å². The highest BCUT2D eigenvalue weighted by Gasteiger charge is 2.29. The number of halogens is 3. The number of hydrogen-bond acceptors (Lipinski definition) is 2. The van der Waals surface area contributed by atoms with Crippen molar-refractivity contribution in [1.82, 2.24) is 5.43 Å². The van der Waals surface area contributed by atoms with Crippen LogP contribution in [0.4, 0.5) is 13.2 Å². The number of hydrogen-bond donors (Lipinski definition) is 2. The third-order valence-corrected chi connectivity index (χ3v) is 2.20. The predicted octanol–water partition coefficient (Wildman–Crippen LogP) is 2.60. The van der Waals surface area contributed by atoms with Crippen molar-refractivity contribution in [1.29, 1.82) is 0 Å². The van der Waals surface area contributed by atoms with Gasteiger partial charge in [-0.25, -0.2) is 0 Å². The van der Waals surface area contributed by atoms with Gasteiger partial charge in [-0.3, -0.25) is 11.3 Å². The normalized spacial score (nSPS) is 15.6. The van der Waals surface area contributed by atoms with Gasteiger partial charge in [-0.1, -0.05) is 20.8 Å². The van der Waals surface area contributed by atoms with Gasteiger partial charge in [-0.15, -0.1) is 0 Å². The van der Waals surface area contributed by atoms with E-state index in [0.717, 1.165) is 0 Å². The van der Waals surface area contributed by atoms with Gasteiger partial charge in [0, 0.05) is 12.5 Å². The first-order chi connectivity index (χ1) is 6.17. The second kappa shape index (κ2) is 4.98. The van der Waals surface area contributed by atoms with Gasteiger partial charge in [0.1, 0.15) is 0 Å². The van der Waals surface area contributed by atoms with Crippen LogP contribution in [0.5, 0.6) is 0 Å². The van der Waals surface area contributed by atoms with E-state index in [0.29, 0.717) is 6.42 Å². The number of nitrogens with two attached hydrogens (primary N) is 1. The summed E-state index contributed by atoms with van der Waals surface area (Å²) in [4.78, 5) is 0. The summed E-state index contributed by atoms with van der Waals surface area (Å²) >= 11 is 0. The molecule has 0 aromatic rings. The van der Waals surface area contributed by atoms with Gasteiger partial charge < -0.3 is 0 Å². The van der Waals surface area contributed by atoms with Gasteiger partial charge in [0.2, 0.25) is 0 Å². The molecular formula is C9H19F3N2. The molecule has 2 nitrogen and oxygen atoms in total. The molecule has 0 rings (SSSR count). The minimum absolute atomic E-state index is 0.0788. The summed E-state index contributed by atoms with van der Waals surface area (Å²) in [6.07, 6.45) is -4.23. The van der Waals surface area contributed by atoms with Gasteiger partial charge in [-0.05, 0) is 18.3 Å². The molecule has 3 N–H and O–H groups in total. The lowest BCUT2D eigenvalue weighted by molar-refractivity contribution is -0.136. The molecule has 0 saturated carbocycles. The first-order valence-electron chi connectivity index (χ1n) is 4.69. The zero-order valence-corrected chi connectivity index (χ0v) is 8.91. The molecule has 86 valence electrons. The monoisotopic (exact) mass is 212 g/mol. The Bertz CT molecular complexity index is 160. The smallest absolute Gasteiger partial charge is 0.271 e. The van der Waals surface area contributed by atoms with Crippen LogP contribution in [0.3, 0.4) is 0 Å². The van der Waals surface area contributed by atoms with Crippen molar-refractivity contribution in [2.45, 2.75) is 52.3 Å². The van der Waals surface area contributed by atoms with Crippen LogP contribution in [0.2, 0.25) is 0 Å². The van der Waals surface area contributed by atoms with E-state index < -0.39 is 12.6 Å². The van der Waals surface area contributed by atoms with Crippen LogP contribution in [-0.2, 0) is 0 Å². The van der Waals surface area contributed by atoms with Gasteiger partial charge in [-0.2, -0.15) is 13.2 Å². The first kappa shape index (κ1) is 13.7. The zero-order valence-electron chi connectivity index (χ0n) is 8.91. The van der Waals surface area contributed by atoms with E-state index >= 15 is 0 Å². The summed E-state index contributed by atoms with van der Waals surface area (Å²) in [5.74, 6) is 5.28. The van der Waals surface area contributed by atoms with E-state index in [1.165, 1.54) is 0 Å². The Balaban J connectivity index is 3.87. The fourth-order valence-corrected chi connectivity index (χ4v) is 1.27. The summed E-state index contributed by atoms with van der Waals surface area (Å²) in [5.41, 5.74) is 2.45. The van der Waals surface area contributed by atoms with Crippen molar-refractivity contribution in [3.8, 4) is 0 Å². The van der Waals surface area contributed by atoms with E-state index in [4.69, 9.17) is 5.84 Å². The fraction of sp³-hybridized carbons (Fsp3) is 1.00. The maximum Gasteiger partial charge on any atom is 0.389 e. The lowest BCUT2D eigenvalue weighted by Crippen LogP contribution is -2.44. The molecule has 0 heterocycles. The third-order valence-electron chi connectivity index (χ3n) is 2.20. The summed E-state index contributed by atoms with van der Waals surface area (Å²) in [7, 11) is 0. The van der Waals surface area contributed by atoms with E-state index in [2.05, 4.69) is 5.43 Å². The Kier molecular flexibility index (Phi) is 4.88. The quantitative estimate of drug-likeness (QED) is 0.555. The first-order valence-corrected chi connectivity index (χ1v) is 4.69. The summed E-state index contributed by atoms with van der Waals surface area (Å²) in [6.45, 7) is 5.85. The van der Waals surface area contributed by atoms with Crippen molar-refractivity contribution in [2.24, 2.45) is 11.3 Å². The molecule has 0 aromatic carbocycles. The van der Waals surface area contributed by atoms with Crippen LogP contribution in [0, 0.1) is 5.41 Å². The molecule has 0 aliphatic rings. The number of hydrazine groups is 1. The molecule has 14 heavy (non-hydrogen) atoms. The lowest BCUT2D eigenvalue weighted by atomic mass is 9.84. The van der Waals surface area contributed by atoms with Crippen LogP contribution in [-0.4, -0.2) is 12.2 Å².